The summed E-state index contributed by atoms with van der Waals surface area (Å²) in [6.45, 7) is 27.7. The van der Waals surface area contributed by atoms with Crippen LogP contribution in [-0.4, -0.2) is 157 Å². The largest absolute Gasteiger partial charge is 0.478 e. The number of amides is 3. The number of pyridine rings is 4. The van der Waals surface area contributed by atoms with Crippen LogP contribution < -0.4 is 30.0 Å². The van der Waals surface area contributed by atoms with E-state index in [1.165, 1.54) is 77.8 Å². The fourth-order valence-electron chi connectivity index (χ4n) is 11.4. The first kappa shape index (κ1) is 76.9. The quantitative estimate of drug-likeness (QED) is 0.0262. The van der Waals surface area contributed by atoms with Crippen molar-refractivity contribution in [2.45, 2.75) is 192 Å². The Hall–Kier alpha value is -7.86. The van der Waals surface area contributed by atoms with Gasteiger partial charge in [0.15, 0.2) is 21.7 Å². The molecule has 2 atom stereocenters. The first-order valence-corrected chi connectivity index (χ1v) is 36.9. The van der Waals surface area contributed by atoms with Crippen LogP contribution in [0.3, 0.4) is 0 Å². The van der Waals surface area contributed by atoms with Crippen molar-refractivity contribution in [3.63, 3.8) is 0 Å². The number of aromatic nitrogens is 8. The number of aromatic carboxylic acids is 1. The Morgan fingerprint density at radius 2 is 1.03 bits per heavy atom. The number of nitrogens with two attached hydrogens (primary N) is 1. The van der Waals surface area contributed by atoms with E-state index in [-0.39, 0.29) is 54.7 Å². The predicted octanol–water partition coefficient (Wildman–Crippen LogP) is 12.4. The number of hydrogen-bond donors (Lipinski definition) is 5. The number of halogens is 2. The minimum Gasteiger partial charge on any atom is -0.478 e. The van der Waals surface area contributed by atoms with E-state index in [4.69, 9.17) is 52.4 Å². The molecule has 2 aliphatic heterocycles. The van der Waals surface area contributed by atoms with Crippen molar-refractivity contribution in [3.8, 4) is 23.4 Å². The van der Waals surface area contributed by atoms with Gasteiger partial charge in [0.2, 0.25) is 11.8 Å². The van der Waals surface area contributed by atoms with Crippen LogP contribution >= 0.6 is 23.2 Å². The SMILES string of the molecule is CC(C)(C)OC(=O)N1CC(CCCNc2ccnc(S(N)(=O)=O)c2)CC1(C)C.CC1(CCOc2ccn(-c3ccc(C(=O)NS(=O)(=O)c4cc(NCCCC5CN(C(=O)OC(C)(C)C)C(C)(C)C5)ccn4)c(Cl)n3)n2)CC1.CC1(CCOc2ccn(-c3ccc(C(=O)O)c(Cl)n3)n2)CC1. The van der Waals surface area contributed by atoms with E-state index < -0.39 is 43.1 Å². The van der Waals surface area contributed by atoms with Crippen molar-refractivity contribution >= 4 is 78.7 Å². The molecule has 2 saturated heterocycles. The van der Waals surface area contributed by atoms with E-state index in [1.54, 1.807) is 42.7 Å². The van der Waals surface area contributed by atoms with Crippen molar-refractivity contribution in [1.29, 1.82) is 0 Å². The Morgan fingerprint density at radius 3 is 1.42 bits per heavy atom. The van der Waals surface area contributed by atoms with Crippen molar-refractivity contribution < 1.29 is 60.1 Å². The molecule has 6 aromatic heterocycles. The van der Waals surface area contributed by atoms with Gasteiger partial charge in [-0.1, -0.05) is 37.0 Å². The van der Waals surface area contributed by atoms with Crippen LogP contribution in [0.1, 0.15) is 181 Å². The summed E-state index contributed by atoms with van der Waals surface area (Å²) in [5.74, 6) is 0.420. The molecule has 10 rings (SSSR count). The topological polar surface area (TPSA) is 349 Å². The Morgan fingerprint density at radius 1 is 0.616 bits per heavy atom. The van der Waals surface area contributed by atoms with Crippen molar-refractivity contribution in [2.24, 2.45) is 27.8 Å². The molecule has 0 radical (unpaired) electrons. The molecule has 0 bridgehead atoms. The molecule has 8 heterocycles. The highest BCUT2D eigenvalue weighted by molar-refractivity contribution is 7.90. The lowest BCUT2D eigenvalue weighted by Gasteiger charge is -2.33. The Bertz CT molecular complexity index is 4070. The third-order valence-electron chi connectivity index (χ3n) is 17.5. The fourth-order valence-corrected chi connectivity index (χ4v) is 13.3. The van der Waals surface area contributed by atoms with E-state index in [2.05, 4.69) is 82.3 Å². The molecule has 0 spiro atoms. The average Bonchev–Trinajstić information content (AvgIpc) is 1.74. The molecule has 4 fully saturated rings. The van der Waals surface area contributed by atoms with Gasteiger partial charge in [-0.3, -0.25) is 4.79 Å². The van der Waals surface area contributed by atoms with Crippen molar-refractivity contribution in [3.05, 3.63) is 107 Å². The third kappa shape index (κ3) is 22.8. The number of nitrogens with zero attached hydrogens (tertiary/aromatic N) is 10. The summed E-state index contributed by atoms with van der Waals surface area (Å²) in [5, 5.41) is 28.4. The summed E-state index contributed by atoms with van der Waals surface area (Å²) in [5.41, 5.74) is 0.293. The van der Waals surface area contributed by atoms with Gasteiger partial charge in [0.25, 0.3) is 26.0 Å². The van der Waals surface area contributed by atoms with Gasteiger partial charge < -0.3 is 44.5 Å². The van der Waals surface area contributed by atoms with Crippen molar-refractivity contribution in [1.82, 2.24) is 54.0 Å². The highest BCUT2D eigenvalue weighted by Crippen LogP contribution is 2.49. The number of nitrogens with one attached hydrogen (secondary N) is 3. The second-order valence-electron chi connectivity index (χ2n) is 29.7. The molecule has 2 aliphatic carbocycles. The van der Waals surface area contributed by atoms with Crippen LogP contribution in [0.5, 0.6) is 11.8 Å². The number of sulfonamides is 2. The third-order valence-corrected chi connectivity index (χ3v) is 20.1. The molecule has 540 valence electrons. The summed E-state index contributed by atoms with van der Waals surface area (Å²) < 4.78 is 76.5. The molecule has 6 N–H and O–H groups in total. The van der Waals surface area contributed by atoms with Gasteiger partial charge in [0.05, 0.1) is 24.3 Å². The minimum atomic E-state index is -4.33. The van der Waals surface area contributed by atoms with Gasteiger partial charge in [-0.2, -0.15) is 8.42 Å². The maximum atomic E-state index is 13.1. The van der Waals surface area contributed by atoms with Crippen LogP contribution in [0.25, 0.3) is 11.6 Å². The zero-order chi connectivity index (χ0) is 72.5. The Labute approximate surface area is 590 Å². The molecule has 31 heteroatoms. The maximum absolute atomic E-state index is 13.1. The number of primary sulfonamides is 1. The Kier molecular flexibility index (Phi) is 24.4. The van der Waals surface area contributed by atoms with Crippen molar-refractivity contribution in [2.75, 3.05) is 50.0 Å². The number of carboxylic acid groups (broad SMARTS) is 1. The van der Waals surface area contributed by atoms with Gasteiger partial charge in [-0.15, -0.1) is 10.2 Å². The van der Waals surface area contributed by atoms with Crippen LogP contribution in [0, 0.1) is 22.7 Å². The van der Waals surface area contributed by atoms with Crippen LogP contribution in [-0.2, 0) is 29.5 Å². The molecule has 3 amide bonds. The lowest BCUT2D eigenvalue weighted by molar-refractivity contribution is 0.0118. The molecule has 2 unspecified atom stereocenters. The number of carboxylic acids is 1. The summed E-state index contributed by atoms with van der Waals surface area (Å²) >= 11 is 12.2. The van der Waals surface area contributed by atoms with Gasteiger partial charge in [0, 0.05) is 97.7 Å². The van der Waals surface area contributed by atoms with Gasteiger partial charge in [-0.05, 0) is 205 Å². The van der Waals surface area contributed by atoms with E-state index in [0.717, 1.165) is 51.4 Å². The highest BCUT2D eigenvalue weighted by atomic mass is 35.5. The zero-order valence-electron chi connectivity index (χ0n) is 58.4. The molecular weight excluding hydrogens is 1360 g/mol. The highest BCUT2D eigenvalue weighted by Gasteiger charge is 2.44. The summed E-state index contributed by atoms with van der Waals surface area (Å²) in [6, 6.07) is 15.5. The zero-order valence-corrected chi connectivity index (χ0v) is 61.6. The van der Waals surface area contributed by atoms with Crippen LogP contribution in [0.4, 0.5) is 21.0 Å². The molecule has 0 aromatic carbocycles. The van der Waals surface area contributed by atoms with Gasteiger partial charge in [0.1, 0.15) is 21.5 Å². The van der Waals surface area contributed by atoms with E-state index in [9.17, 15) is 36.0 Å². The summed E-state index contributed by atoms with van der Waals surface area (Å²) in [7, 11) is -8.14. The number of rotatable bonds is 25. The minimum absolute atomic E-state index is 0.0354. The van der Waals surface area contributed by atoms with Gasteiger partial charge >= 0.3 is 18.2 Å². The molecule has 6 aromatic rings. The molecule has 27 nitrogen and oxygen atoms in total. The molecule has 2 saturated carbocycles. The van der Waals surface area contributed by atoms with E-state index in [0.29, 0.717) is 96.8 Å². The smallest absolute Gasteiger partial charge is 0.410 e. The number of ether oxygens (including phenoxy) is 4. The van der Waals surface area contributed by atoms with Crippen LogP contribution in [0.2, 0.25) is 10.3 Å². The fraction of sp³-hybridized carbons (Fsp3) is 0.559. The second-order valence-corrected chi connectivity index (χ2v) is 33.5. The number of anilines is 2. The van der Waals surface area contributed by atoms with Gasteiger partial charge in [-0.25, -0.2) is 62.0 Å². The first-order chi connectivity index (χ1) is 46.2. The monoisotopic (exact) mass is 1450 g/mol. The second kappa shape index (κ2) is 31.4. The number of carbonyl (C=O) groups is 4. The molecule has 99 heavy (non-hydrogen) atoms. The summed E-state index contributed by atoms with van der Waals surface area (Å²) in [6.07, 6.45) is 17.9. The average molecular weight is 1450 g/mol. The lowest BCUT2D eigenvalue weighted by atomic mass is 9.93. The predicted molar refractivity (Wildman–Crippen MR) is 375 cm³/mol. The first-order valence-electron chi connectivity index (χ1n) is 33.1. The summed E-state index contributed by atoms with van der Waals surface area (Å²) in [4.78, 5) is 68.7. The van der Waals surface area contributed by atoms with E-state index in [1.807, 2.05) is 56.1 Å². The molecule has 4 aliphatic rings. The molecular formula is C68H94Cl2N14O13S2. The number of likely N-dealkylation sites (tertiary alicyclic amines) is 2. The standard InChI is InChI=1S/C34H46ClN7O6S.C19H32N4O4S.C15H16ClN3O3/c1-32(2,3)48-31(44)41-22-23(21-33(41,4)5)8-7-16-36-24-11-17-37-28(20-24)49(45,46)40-30(43)25-9-10-26(38-29(25)35)42-18-12-27(39-42)47-19-15-34(6)13-14-34;1-18(2,3)27-17(24)23-13-14(12-19(23,4)5)7-6-9-21-15-8-10-22-16(11-15)28(20,25)26;1-15(5-6-15)7-9-22-12-4-8-19(18-12)11-3-2-10(14(20)21)13(16)17-11/h9-12,17-18,20,23H,7-8,13-16,19,21-22H2,1-6H3,(H,36,37)(H,40,43);8,10-11,14H,6-7,9,12-13H2,1-5H3,(H,21,22)(H2,20,25,26);2-4,8H,5-7,9H2,1H3,(H,20,21). The number of carbonyl (C=O) groups excluding carboxylic acids is 3. The lowest BCUT2D eigenvalue weighted by Crippen LogP contribution is -2.45. The van der Waals surface area contributed by atoms with Crippen LogP contribution in [0.15, 0.2) is 95.5 Å². The Balaban J connectivity index is 0.000000210. The van der Waals surface area contributed by atoms with E-state index >= 15 is 0 Å². The normalized spacial score (nSPS) is 18.0. The maximum Gasteiger partial charge on any atom is 0.410 e. The number of hydrogen-bond acceptors (Lipinski definition) is 20.